The van der Waals surface area contributed by atoms with Crippen LogP contribution >= 0.6 is 0 Å². The number of amides is 1. The fourth-order valence-corrected chi connectivity index (χ4v) is 7.58. The molecule has 0 spiro atoms. The number of allylic oxidation sites excluding steroid dienone is 2. The first-order chi connectivity index (χ1) is 14.1. The molecule has 0 saturated heterocycles. The summed E-state index contributed by atoms with van der Waals surface area (Å²) in [4.78, 5) is 17.6. The van der Waals surface area contributed by atoms with E-state index >= 15 is 0 Å². The summed E-state index contributed by atoms with van der Waals surface area (Å²) in [7, 11) is 0. The van der Waals surface area contributed by atoms with Gasteiger partial charge in [-0.3, -0.25) is 4.79 Å². The zero-order valence-electron chi connectivity index (χ0n) is 17.1. The van der Waals surface area contributed by atoms with Gasteiger partial charge in [-0.15, -0.1) is 0 Å². The summed E-state index contributed by atoms with van der Waals surface area (Å²) in [6.45, 7) is 3.08. The van der Waals surface area contributed by atoms with Crippen LogP contribution in [-0.4, -0.2) is 34.8 Å². The highest BCUT2D eigenvalue weighted by molar-refractivity contribution is 5.81. The lowest BCUT2D eigenvalue weighted by Crippen LogP contribution is -2.62. The number of rotatable bonds is 3. The number of nitrogens with two attached hydrogens (primary N) is 1. The molecule has 2 N–H and O–H groups in total. The Balaban J connectivity index is 1.29. The van der Waals surface area contributed by atoms with Crippen molar-refractivity contribution in [2.75, 3.05) is 13.1 Å². The predicted molar refractivity (Wildman–Crippen MR) is 113 cm³/mol. The third-order valence-electron chi connectivity index (χ3n) is 8.54. The molecule has 1 amide bonds. The summed E-state index contributed by atoms with van der Waals surface area (Å²) >= 11 is 0. The van der Waals surface area contributed by atoms with Gasteiger partial charge in [0, 0.05) is 31.1 Å². The van der Waals surface area contributed by atoms with Crippen molar-refractivity contribution in [3.05, 3.63) is 59.4 Å². The van der Waals surface area contributed by atoms with E-state index in [0.717, 1.165) is 45.3 Å². The van der Waals surface area contributed by atoms with E-state index in [1.807, 2.05) is 0 Å². The van der Waals surface area contributed by atoms with Gasteiger partial charge in [0.15, 0.2) is 0 Å². The molecule has 4 aliphatic carbocycles. The van der Waals surface area contributed by atoms with Gasteiger partial charge in [-0.1, -0.05) is 36.4 Å². The molecule has 2 heterocycles. The highest BCUT2D eigenvalue weighted by Gasteiger charge is 2.59. The van der Waals surface area contributed by atoms with Crippen LogP contribution < -0.4 is 5.73 Å². The van der Waals surface area contributed by atoms with E-state index in [1.54, 1.807) is 0 Å². The first-order valence-electron chi connectivity index (χ1n) is 11.4. The van der Waals surface area contributed by atoms with Gasteiger partial charge in [0.05, 0.1) is 0 Å². The smallest absolute Gasteiger partial charge is 0.223 e. The number of nitrogens with zero attached hydrogens (tertiary/aromatic N) is 2. The van der Waals surface area contributed by atoms with Gasteiger partial charge in [-0.2, -0.15) is 0 Å². The first kappa shape index (κ1) is 17.6. The van der Waals surface area contributed by atoms with E-state index in [-0.39, 0.29) is 11.3 Å². The van der Waals surface area contributed by atoms with Gasteiger partial charge in [0.1, 0.15) is 5.82 Å². The summed E-state index contributed by atoms with van der Waals surface area (Å²) in [6, 6.07) is 9.45. The molecule has 2 atom stereocenters. The number of hydrogen-bond donors (Lipinski definition) is 1. The summed E-state index contributed by atoms with van der Waals surface area (Å²) in [6.07, 6.45) is 13.6. The highest BCUT2D eigenvalue weighted by atomic mass is 16.1. The standard InChI is InChI=1S/C25H31N3O/c26-24(29)25-13-17-11-20(14-25)23(21(12-17)15-25)28-9-4-3-7-22(28)27-10-8-18-5-1-2-6-19(18)16-27/h1-7,17,20-21,23H,8-16H2,(H2,26,29). The van der Waals surface area contributed by atoms with Crippen molar-refractivity contribution >= 4 is 5.91 Å². The maximum Gasteiger partial charge on any atom is 0.223 e. The fourth-order valence-electron chi connectivity index (χ4n) is 7.58. The molecule has 2 aliphatic heterocycles. The number of primary amides is 1. The normalized spacial score (nSPS) is 37.4. The molecule has 2 unspecified atom stereocenters. The zero-order chi connectivity index (χ0) is 19.6. The van der Waals surface area contributed by atoms with E-state index in [9.17, 15) is 4.79 Å². The van der Waals surface area contributed by atoms with E-state index in [4.69, 9.17) is 5.73 Å². The SMILES string of the molecule is NC(=O)C12CC3CC(C1)C(N1CC=CC=C1N1CCc4ccccc4C1)C(C3)C2. The largest absolute Gasteiger partial charge is 0.369 e. The third-order valence-corrected chi connectivity index (χ3v) is 8.54. The summed E-state index contributed by atoms with van der Waals surface area (Å²) in [5, 5.41) is 0. The van der Waals surface area contributed by atoms with Gasteiger partial charge in [0.2, 0.25) is 5.91 Å². The van der Waals surface area contributed by atoms with Crippen LogP contribution in [0.25, 0.3) is 0 Å². The van der Waals surface area contributed by atoms with Gasteiger partial charge < -0.3 is 15.5 Å². The number of hydrogen-bond acceptors (Lipinski definition) is 3. The number of carbonyl (C=O) groups excluding carboxylic acids is 1. The molecule has 1 aromatic carbocycles. The predicted octanol–water partition coefficient (Wildman–Crippen LogP) is 3.44. The Morgan fingerprint density at radius 2 is 1.83 bits per heavy atom. The Bertz CT molecular complexity index is 887. The Labute approximate surface area is 173 Å². The van der Waals surface area contributed by atoms with Crippen molar-refractivity contribution in [3.63, 3.8) is 0 Å². The van der Waals surface area contributed by atoms with Crippen LogP contribution in [0.4, 0.5) is 0 Å². The lowest BCUT2D eigenvalue weighted by atomic mass is 9.47. The van der Waals surface area contributed by atoms with Gasteiger partial charge in [-0.25, -0.2) is 0 Å². The first-order valence-corrected chi connectivity index (χ1v) is 11.4. The number of carbonyl (C=O) groups is 1. The summed E-state index contributed by atoms with van der Waals surface area (Å²) < 4.78 is 0. The Morgan fingerprint density at radius 1 is 1.07 bits per heavy atom. The molecule has 4 nitrogen and oxygen atoms in total. The monoisotopic (exact) mass is 389 g/mol. The number of benzene rings is 1. The minimum Gasteiger partial charge on any atom is -0.369 e. The lowest BCUT2D eigenvalue weighted by Gasteiger charge is -2.62. The lowest BCUT2D eigenvalue weighted by molar-refractivity contribution is -0.151. The van der Waals surface area contributed by atoms with Crippen LogP contribution in [0.2, 0.25) is 0 Å². The second kappa shape index (κ2) is 6.38. The van der Waals surface area contributed by atoms with Crippen molar-refractivity contribution in [3.8, 4) is 0 Å². The van der Waals surface area contributed by atoms with Crippen molar-refractivity contribution in [1.29, 1.82) is 0 Å². The zero-order valence-corrected chi connectivity index (χ0v) is 17.1. The van der Waals surface area contributed by atoms with Crippen LogP contribution in [0.3, 0.4) is 0 Å². The van der Waals surface area contributed by atoms with Gasteiger partial charge in [0.25, 0.3) is 0 Å². The highest BCUT2D eigenvalue weighted by Crippen LogP contribution is 2.61. The molecule has 152 valence electrons. The number of fused-ring (bicyclic) bond motifs is 1. The summed E-state index contributed by atoms with van der Waals surface area (Å²) in [5.41, 5.74) is 8.68. The van der Waals surface area contributed by atoms with Gasteiger partial charge >= 0.3 is 0 Å². The maximum atomic E-state index is 12.3. The second-order valence-corrected chi connectivity index (χ2v) is 10.2. The van der Waals surface area contributed by atoms with Gasteiger partial charge in [-0.05, 0) is 73.5 Å². The van der Waals surface area contributed by atoms with E-state index in [1.165, 1.54) is 29.8 Å². The molecule has 7 rings (SSSR count). The second-order valence-electron chi connectivity index (χ2n) is 10.2. The Morgan fingerprint density at radius 3 is 2.59 bits per heavy atom. The topological polar surface area (TPSA) is 49.6 Å². The Kier molecular flexibility index (Phi) is 3.88. The average Bonchev–Trinajstić information content (AvgIpc) is 2.73. The molecule has 1 aromatic rings. The molecule has 4 bridgehead atoms. The molecule has 4 heteroatoms. The van der Waals surface area contributed by atoms with Crippen LogP contribution in [0.5, 0.6) is 0 Å². The van der Waals surface area contributed by atoms with Crippen LogP contribution in [0.1, 0.15) is 43.2 Å². The molecule has 0 radical (unpaired) electrons. The maximum absolute atomic E-state index is 12.3. The van der Waals surface area contributed by atoms with Crippen molar-refractivity contribution in [2.24, 2.45) is 28.9 Å². The minimum atomic E-state index is -0.202. The van der Waals surface area contributed by atoms with E-state index < -0.39 is 0 Å². The fraction of sp³-hybridized carbons (Fsp3) is 0.560. The quantitative estimate of drug-likeness (QED) is 0.862. The Hall–Kier alpha value is -2.23. The van der Waals surface area contributed by atoms with Crippen molar-refractivity contribution in [1.82, 2.24) is 9.80 Å². The average molecular weight is 390 g/mol. The van der Waals surface area contributed by atoms with E-state index in [2.05, 4.69) is 52.3 Å². The van der Waals surface area contributed by atoms with Crippen molar-refractivity contribution in [2.45, 2.75) is 51.1 Å². The third kappa shape index (κ3) is 2.68. The molecule has 4 fully saturated rings. The minimum absolute atomic E-state index is 0.0303. The molecular formula is C25H31N3O. The molecule has 4 saturated carbocycles. The van der Waals surface area contributed by atoms with Crippen molar-refractivity contribution < 1.29 is 4.79 Å². The van der Waals surface area contributed by atoms with E-state index in [0.29, 0.717) is 23.8 Å². The van der Waals surface area contributed by atoms with Crippen LogP contribution in [0.15, 0.2) is 48.3 Å². The molecule has 29 heavy (non-hydrogen) atoms. The molecule has 0 aromatic heterocycles. The summed E-state index contributed by atoms with van der Waals surface area (Å²) in [5.74, 6) is 3.30. The van der Waals surface area contributed by atoms with Crippen LogP contribution in [-0.2, 0) is 17.8 Å². The molecular weight excluding hydrogens is 358 g/mol. The van der Waals surface area contributed by atoms with Crippen LogP contribution in [0, 0.1) is 23.2 Å². The molecule has 6 aliphatic rings.